The number of carbonyl (C=O) groups is 1. The lowest BCUT2D eigenvalue weighted by atomic mass is 9.93. The highest BCUT2D eigenvalue weighted by molar-refractivity contribution is 5.81. The van der Waals surface area contributed by atoms with Crippen LogP contribution in [0.25, 0.3) is 11.1 Å². The minimum atomic E-state index is -0.989. The molecule has 2 nitrogen and oxygen atoms in total. The number of benzene rings is 2. The molecule has 0 bridgehead atoms. The van der Waals surface area contributed by atoms with Crippen molar-refractivity contribution < 1.29 is 18.7 Å². The van der Waals surface area contributed by atoms with Crippen molar-refractivity contribution in [2.24, 2.45) is 0 Å². The highest BCUT2D eigenvalue weighted by Gasteiger charge is 2.30. The van der Waals surface area contributed by atoms with E-state index in [0.29, 0.717) is 11.1 Å². The zero-order valence-electron chi connectivity index (χ0n) is 9.86. The number of halogens is 2. The Morgan fingerprint density at radius 2 is 1.47 bits per heavy atom. The molecule has 4 heteroatoms. The average Bonchev–Trinajstić information content (AvgIpc) is 2.62. The SMILES string of the molecule is O=C(O)CC1c2cc(F)ccc2-c2ccc(F)cc21. The molecule has 0 atom stereocenters. The molecule has 2 aromatic carbocycles. The Kier molecular flexibility index (Phi) is 2.59. The van der Waals surface area contributed by atoms with Crippen LogP contribution < -0.4 is 0 Å². The maximum atomic E-state index is 13.4. The van der Waals surface area contributed by atoms with Crippen molar-refractivity contribution in [1.29, 1.82) is 0 Å². The first-order valence-electron chi connectivity index (χ1n) is 5.87. The monoisotopic (exact) mass is 260 g/mol. The van der Waals surface area contributed by atoms with Crippen LogP contribution in [0.15, 0.2) is 36.4 Å². The summed E-state index contributed by atoms with van der Waals surface area (Å²) in [7, 11) is 0. The van der Waals surface area contributed by atoms with Crippen LogP contribution in [0.4, 0.5) is 8.78 Å². The molecule has 1 aliphatic rings. The fourth-order valence-electron chi connectivity index (χ4n) is 2.70. The van der Waals surface area contributed by atoms with Crippen molar-refractivity contribution in [2.75, 3.05) is 0 Å². The molecule has 0 saturated heterocycles. The first-order chi connectivity index (χ1) is 9.06. The summed E-state index contributed by atoms with van der Waals surface area (Å²) in [4.78, 5) is 11.0. The van der Waals surface area contributed by atoms with Gasteiger partial charge in [0.25, 0.3) is 0 Å². The van der Waals surface area contributed by atoms with Crippen molar-refractivity contribution in [1.82, 2.24) is 0 Å². The topological polar surface area (TPSA) is 37.3 Å². The molecule has 0 aromatic heterocycles. The van der Waals surface area contributed by atoms with Gasteiger partial charge in [-0.3, -0.25) is 4.79 Å². The molecule has 3 rings (SSSR count). The summed E-state index contributed by atoms with van der Waals surface area (Å²) < 4.78 is 26.7. The van der Waals surface area contributed by atoms with Gasteiger partial charge in [-0.05, 0) is 46.5 Å². The number of carboxylic acids is 1. The van der Waals surface area contributed by atoms with Crippen molar-refractivity contribution in [3.63, 3.8) is 0 Å². The molecule has 2 aromatic rings. The summed E-state index contributed by atoms with van der Waals surface area (Å²) in [5.74, 6) is -2.31. The van der Waals surface area contributed by atoms with E-state index in [0.717, 1.165) is 11.1 Å². The normalized spacial score (nSPS) is 13.2. The molecule has 0 radical (unpaired) electrons. The fraction of sp³-hybridized carbons (Fsp3) is 0.133. The molecule has 1 N–H and O–H groups in total. The molecule has 0 unspecified atom stereocenters. The summed E-state index contributed by atoms with van der Waals surface area (Å²) in [6.45, 7) is 0. The Morgan fingerprint density at radius 3 is 1.89 bits per heavy atom. The maximum absolute atomic E-state index is 13.4. The van der Waals surface area contributed by atoms with E-state index in [4.69, 9.17) is 5.11 Å². The van der Waals surface area contributed by atoms with Crippen LogP contribution in [0.3, 0.4) is 0 Å². The standard InChI is InChI=1S/C15H10F2O2/c16-8-1-3-10-11-4-2-9(17)6-13(11)14(7-15(18)19)12(10)5-8/h1-6,14H,7H2,(H,18,19). The van der Waals surface area contributed by atoms with Gasteiger partial charge in [0, 0.05) is 5.92 Å². The third-order valence-corrected chi connectivity index (χ3v) is 3.45. The lowest BCUT2D eigenvalue weighted by Crippen LogP contribution is -2.05. The smallest absolute Gasteiger partial charge is 0.304 e. The van der Waals surface area contributed by atoms with E-state index in [9.17, 15) is 13.6 Å². The lowest BCUT2D eigenvalue weighted by Gasteiger charge is -2.10. The Bertz CT molecular complexity index is 628. The molecule has 0 fully saturated rings. The van der Waals surface area contributed by atoms with Gasteiger partial charge < -0.3 is 5.11 Å². The number of carboxylic acid groups (broad SMARTS) is 1. The van der Waals surface area contributed by atoms with Gasteiger partial charge in [-0.25, -0.2) is 8.78 Å². The predicted molar refractivity (Wildman–Crippen MR) is 65.9 cm³/mol. The molecule has 1 aliphatic carbocycles. The first kappa shape index (κ1) is 11.8. The largest absolute Gasteiger partial charge is 0.481 e. The maximum Gasteiger partial charge on any atom is 0.304 e. The fourth-order valence-corrected chi connectivity index (χ4v) is 2.70. The van der Waals surface area contributed by atoms with E-state index in [1.807, 2.05) is 0 Å². The predicted octanol–water partition coefficient (Wildman–Crippen LogP) is 3.55. The highest BCUT2D eigenvalue weighted by Crippen LogP contribution is 2.46. The second-order valence-electron chi connectivity index (χ2n) is 4.61. The second-order valence-corrected chi connectivity index (χ2v) is 4.61. The Hall–Kier alpha value is -2.23. The number of fused-ring (bicyclic) bond motifs is 3. The van der Waals surface area contributed by atoms with Crippen molar-refractivity contribution in [2.45, 2.75) is 12.3 Å². The Morgan fingerprint density at radius 1 is 1.00 bits per heavy atom. The second kappa shape index (κ2) is 4.16. The molecule has 0 aliphatic heterocycles. The van der Waals surface area contributed by atoms with E-state index in [2.05, 4.69) is 0 Å². The van der Waals surface area contributed by atoms with Gasteiger partial charge in [0.1, 0.15) is 11.6 Å². The molecule has 96 valence electrons. The minimum absolute atomic E-state index is 0.174. The molecule has 0 spiro atoms. The van der Waals surface area contributed by atoms with E-state index < -0.39 is 23.5 Å². The van der Waals surface area contributed by atoms with Gasteiger partial charge in [0.05, 0.1) is 6.42 Å². The van der Waals surface area contributed by atoms with E-state index in [1.54, 1.807) is 12.1 Å². The van der Waals surface area contributed by atoms with E-state index in [1.165, 1.54) is 24.3 Å². The first-order valence-corrected chi connectivity index (χ1v) is 5.87. The van der Waals surface area contributed by atoms with Gasteiger partial charge in [-0.15, -0.1) is 0 Å². The molecule has 0 saturated carbocycles. The molecule has 0 amide bonds. The molecule has 19 heavy (non-hydrogen) atoms. The van der Waals surface area contributed by atoms with Crippen LogP contribution >= 0.6 is 0 Å². The number of rotatable bonds is 2. The molecular weight excluding hydrogens is 250 g/mol. The van der Waals surface area contributed by atoms with Gasteiger partial charge in [0.15, 0.2) is 0 Å². The van der Waals surface area contributed by atoms with Crippen LogP contribution in [0.1, 0.15) is 23.5 Å². The summed E-state index contributed by atoms with van der Waals surface area (Å²) in [6.07, 6.45) is -0.174. The Labute approximate surface area is 108 Å². The van der Waals surface area contributed by atoms with Crippen LogP contribution in [-0.2, 0) is 4.79 Å². The summed E-state index contributed by atoms with van der Waals surface area (Å²) in [6, 6.07) is 8.55. The van der Waals surface area contributed by atoms with Gasteiger partial charge in [-0.1, -0.05) is 12.1 Å². The quantitative estimate of drug-likeness (QED) is 0.896. The summed E-state index contributed by atoms with van der Waals surface area (Å²) in [5, 5.41) is 8.98. The highest BCUT2D eigenvalue weighted by atomic mass is 19.1. The number of aliphatic carboxylic acids is 1. The van der Waals surface area contributed by atoms with Crippen LogP contribution in [-0.4, -0.2) is 11.1 Å². The minimum Gasteiger partial charge on any atom is -0.481 e. The van der Waals surface area contributed by atoms with Crippen LogP contribution in [0, 0.1) is 11.6 Å². The molecule has 0 heterocycles. The average molecular weight is 260 g/mol. The van der Waals surface area contributed by atoms with E-state index >= 15 is 0 Å². The summed E-state index contributed by atoms with van der Waals surface area (Å²) >= 11 is 0. The van der Waals surface area contributed by atoms with Crippen molar-refractivity contribution >= 4 is 5.97 Å². The summed E-state index contributed by atoms with van der Waals surface area (Å²) in [5.41, 5.74) is 2.79. The zero-order chi connectivity index (χ0) is 13.6. The van der Waals surface area contributed by atoms with Gasteiger partial charge in [-0.2, -0.15) is 0 Å². The molecular formula is C15H10F2O2. The third kappa shape index (κ3) is 1.89. The van der Waals surface area contributed by atoms with Crippen LogP contribution in [0.2, 0.25) is 0 Å². The van der Waals surface area contributed by atoms with Crippen LogP contribution in [0.5, 0.6) is 0 Å². The lowest BCUT2D eigenvalue weighted by molar-refractivity contribution is -0.137. The van der Waals surface area contributed by atoms with E-state index in [-0.39, 0.29) is 6.42 Å². The van der Waals surface area contributed by atoms with Crippen molar-refractivity contribution in [3.05, 3.63) is 59.2 Å². The van der Waals surface area contributed by atoms with Crippen molar-refractivity contribution in [3.8, 4) is 11.1 Å². The number of hydrogen-bond donors (Lipinski definition) is 1. The zero-order valence-corrected chi connectivity index (χ0v) is 9.86. The van der Waals surface area contributed by atoms with Gasteiger partial charge in [0.2, 0.25) is 0 Å². The number of hydrogen-bond acceptors (Lipinski definition) is 1. The third-order valence-electron chi connectivity index (χ3n) is 3.45. The Balaban J connectivity index is 2.22. The van der Waals surface area contributed by atoms with Gasteiger partial charge >= 0.3 is 5.97 Å².